The number of nitrogens with zero attached hydrogens (tertiary/aromatic N) is 3. The normalized spacial score (nSPS) is 24.4. The number of carbonyl (C=O) groups excluding carboxylic acids is 1. The Balaban J connectivity index is 1.57. The van der Waals surface area contributed by atoms with E-state index in [0.717, 1.165) is 39.1 Å². The molecule has 0 spiro atoms. The Labute approximate surface area is 146 Å². The lowest BCUT2D eigenvalue weighted by atomic mass is 9.94. The number of hydrogen-bond donors (Lipinski definition) is 0. The van der Waals surface area contributed by atoms with Crippen LogP contribution in [0.2, 0.25) is 0 Å². The van der Waals surface area contributed by atoms with E-state index in [1.807, 2.05) is 0 Å². The van der Waals surface area contributed by atoms with Gasteiger partial charge in [-0.1, -0.05) is 30.3 Å². The first-order chi connectivity index (χ1) is 11.6. The van der Waals surface area contributed by atoms with Gasteiger partial charge in [-0.3, -0.25) is 9.69 Å². The zero-order valence-electron chi connectivity index (χ0n) is 15.2. The molecule has 4 rings (SSSR count). The van der Waals surface area contributed by atoms with Crippen molar-refractivity contribution in [2.75, 3.05) is 40.3 Å². The van der Waals surface area contributed by atoms with Crippen LogP contribution >= 0.6 is 0 Å². The maximum atomic E-state index is 12.7. The molecule has 2 atom stereocenters. The van der Waals surface area contributed by atoms with Gasteiger partial charge >= 0.3 is 0 Å². The number of hydrogen-bond acceptors (Lipinski definition) is 3. The average molecular weight is 329 g/mol. The van der Waals surface area contributed by atoms with E-state index in [2.05, 4.69) is 59.1 Å². The summed E-state index contributed by atoms with van der Waals surface area (Å²) in [6, 6.07) is 11.1. The summed E-state index contributed by atoms with van der Waals surface area (Å²) >= 11 is 0. The van der Waals surface area contributed by atoms with E-state index in [-0.39, 0.29) is 0 Å². The molecule has 4 heteroatoms. The molecule has 0 N–H and O–H groups in total. The minimum atomic E-state index is 0.369. The molecule has 0 aliphatic carbocycles. The zero-order valence-corrected chi connectivity index (χ0v) is 15.2. The second-order valence-corrected chi connectivity index (χ2v) is 7.73. The highest BCUT2D eigenvalue weighted by Gasteiger charge is 2.36. The third-order valence-corrected chi connectivity index (χ3v) is 5.35. The molecule has 3 fully saturated rings. The second kappa shape index (κ2) is 8.13. The van der Waals surface area contributed by atoms with Crippen molar-refractivity contribution in [2.45, 2.75) is 38.3 Å². The number of rotatable bonds is 6. The molecule has 3 aliphatic rings. The largest absolute Gasteiger partial charge is 0.338 e. The van der Waals surface area contributed by atoms with Crippen molar-refractivity contribution in [1.82, 2.24) is 14.7 Å². The number of carbonyl (C=O) groups is 1. The third-order valence-electron chi connectivity index (χ3n) is 5.35. The molecule has 3 saturated heterocycles. The SMILES string of the molecule is CN(C)CCCC(=O)N1C[C@@H]2CC[C@H]1CN(Cc1ccccc1)C2. The van der Waals surface area contributed by atoms with Gasteiger partial charge in [0.2, 0.25) is 5.91 Å². The highest BCUT2D eigenvalue weighted by Crippen LogP contribution is 2.29. The fourth-order valence-electron chi connectivity index (χ4n) is 4.15. The first-order valence-corrected chi connectivity index (χ1v) is 9.32. The molecule has 3 heterocycles. The Morgan fingerprint density at radius 3 is 2.67 bits per heavy atom. The van der Waals surface area contributed by atoms with Crippen molar-refractivity contribution >= 4 is 5.91 Å². The molecule has 0 radical (unpaired) electrons. The van der Waals surface area contributed by atoms with E-state index in [0.29, 0.717) is 24.3 Å². The monoisotopic (exact) mass is 329 g/mol. The molecule has 0 aromatic heterocycles. The van der Waals surface area contributed by atoms with Gasteiger partial charge in [0.1, 0.15) is 0 Å². The maximum Gasteiger partial charge on any atom is 0.222 e. The Bertz CT molecular complexity index is 531. The molecule has 1 amide bonds. The Morgan fingerprint density at radius 1 is 1.12 bits per heavy atom. The molecule has 3 aliphatic heterocycles. The number of piperidine rings is 1. The zero-order chi connectivity index (χ0) is 16.9. The fraction of sp³-hybridized carbons (Fsp3) is 0.650. The predicted octanol–water partition coefficient (Wildman–Crippen LogP) is 2.45. The summed E-state index contributed by atoms with van der Waals surface area (Å²) in [7, 11) is 4.14. The third kappa shape index (κ3) is 4.58. The van der Waals surface area contributed by atoms with Crippen molar-refractivity contribution in [1.29, 1.82) is 0 Å². The first kappa shape index (κ1) is 17.4. The lowest BCUT2D eigenvalue weighted by Crippen LogP contribution is -2.47. The van der Waals surface area contributed by atoms with Crippen LogP contribution in [-0.4, -0.2) is 66.9 Å². The number of amides is 1. The molecule has 0 saturated carbocycles. The smallest absolute Gasteiger partial charge is 0.222 e. The topological polar surface area (TPSA) is 26.8 Å². The first-order valence-electron chi connectivity index (χ1n) is 9.32. The summed E-state index contributed by atoms with van der Waals surface area (Å²) in [5, 5.41) is 0. The highest BCUT2D eigenvalue weighted by atomic mass is 16.2. The summed E-state index contributed by atoms with van der Waals surface area (Å²) in [5.74, 6) is 1.01. The Morgan fingerprint density at radius 2 is 1.92 bits per heavy atom. The molecule has 0 unspecified atom stereocenters. The van der Waals surface area contributed by atoms with Gasteiger partial charge < -0.3 is 9.80 Å². The molecule has 4 nitrogen and oxygen atoms in total. The summed E-state index contributed by atoms with van der Waals surface area (Å²) in [4.78, 5) is 19.6. The van der Waals surface area contributed by atoms with E-state index in [4.69, 9.17) is 0 Å². The number of fused-ring (bicyclic) bond motifs is 4. The second-order valence-electron chi connectivity index (χ2n) is 7.73. The van der Waals surface area contributed by atoms with E-state index in [1.165, 1.54) is 18.4 Å². The lowest BCUT2D eigenvalue weighted by Gasteiger charge is -2.36. The van der Waals surface area contributed by atoms with Crippen molar-refractivity contribution in [2.24, 2.45) is 5.92 Å². The summed E-state index contributed by atoms with van der Waals surface area (Å²) in [5.41, 5.74) is 1.38. The van der Waals surface area contributed by atoms with Gasteiger partial charge in [-0.25, -0.2) is 0 Å². The van der Waals surface area contributed by atoms with Gasteiger partial charge in [0, 0.05) is 38.6 Å². The summed E-state index contributed by atoms with van der Waals surface area (Å²) in [6.45, 7) is 5.14. The molecule has 1 aromatic rings. The van der Waals surface area contributed by atoms with Crippen LogP contribution in [0.1, 0.15) is 31.2 Å². The van der Waals surface area contributed by atoms with Crippen LogP contribution in [0.25, 0.3) is 0 Å². The van der Waals surface area contributed by atoms with Gasteiger partial charge in [0.15, 0.2) is 0 Å². The predicted molar refractivity (Wildman–Crippen MR) is 97.7 cm³/mol. The van der Waals surface area contributed by atoms with E-state index in [9.17, 15) is 4.79 Å². The molecule has 2 bridgehead atoms. The minimum Gasteiger partial charge on any atom is -0.338 e. The fourth-order valence-corrected chi connectivity index (χ4v) is 4.15. The molecule has 132 valence electrons. The van der Waals surface area contributed by atoms with Gasteiger partial charge in [0.25, 0.3) is 0 Å². The molecular formula is C20H31N3O. The average Bonchev–Trinajstić information content (AvgIpc) is 2.85. The lowest BCUT2D eigenvalue weighted by molar-refractivity contribution is -0.135. The maximum absolute atomic E-state index is 12.7. The summed E-state index contributed by atoms with van der Waals surface area (Å²) in [6.07, 6.45) is 4.11. The van der Waals surface area contributed by atoms with Crippen molar-refractivity contribution in [3.8, 4) is 0 Å². The Hall–Kier alpha value is -1.39. The van der Waals surface area contributed by atoms with Crippen LogP contribution in [-0.2, 0) is 11.3 Å². The molecule has 1 aromatic carbocycles. The quantitative estimate of drug-likeness (QED) is 0.802. The van der Waals surface area contributed by atoms with Crippen molar-refractivity contribution in [3.05, 3.63) is 35.9 Å². The van der Waals surface area contributed by atoms with Gasteiger partial charge in [-0.05, 0) is 51.4 Å². The van der Waals surface area contributed by atoms with Crippen LogP contribution in [0.15, 0.2) is 30.3 Å². The standard InChI is InChI=1S/C20H31N3O/c1-21(2)12-6-9-20(24)23-15-18-10-11-19(23)16-22(14-18)13-17-7-4-3-5-8-17/h3-5,7-8,18-19H,6,9-16H2,1-2H3/t18-,19+/m1/s1. The van der Waals surface area contributed by atoms with Gasteiger partial charge in [-0.2, -0.15) is 0 Å². The van der Waals surface area contributed by atoms with E-state index >= 15 is 0 Å². The molecule has 24 heavy (non-hydrogen) atoms. The minimum absolute atomic E-state index is 0.369. The Kier molecular flexibility index (Phi) is 5.90. The number of benzene rings is 1. The van der Waals surface area contributed by atoms with Crippen LogP contribution in [0.3, 0.4) is 0 Å². The van der Waals surface area contributed by atoms with Gasteiger partial charge in [0.05, 0.1) is 0 Å². The van der Waals surface area contributed by atoms with Crippen LogP contribution in [0.5, 0.6) is 0 Å². The summed E-state index contributed by atoms with van der Waals surface area (Å²) < 4.78 is 0. The van der Waals surface area contributed by atoms with Crippen molar-refractivity contribution in [3.63, 3.8) is 0 Å². The van der Waals surface area contributed by atoms with Crippen LogP contribution in [0.4, 0.5) is 0 Å². The molecular weight excluding hydrogens is 298 g/mol. The van der Waals surface area contributed by atoms with Crippen LogP contribution in [0, 0.1) is 5.92 Å². The van der Waals surface area contributed by atoms with E-state index < -0.39 is 0 Å². The van der Waals surface area contributed by atoms with Crippen molar-refractivity contribution < 1.29 is 4.79 Å². The van der Waals surface area contributed by atoms with Gasteiger partial charge in [-0.15, -0.1) is 0 Å². The van der Waals surface area contributed by atoms with E-state index in [1.54, 1.807) is 0 Å². The van der Waals surface area contributed by atoms with Crippen LogP contribution < -0.4 is 0 Å². The highest BCUT2D eigenvalue weighted by molar-refractivity contribution is 5.76.